The number of nitrogens with one attached hydrogen (secondary N) is 2. The van der Waals surface area contributed by atoms with Crippen molar-refractivity contribution in [2.24, 2.45) is 5.92 Å². The summed E-state index contributed by atoms with van der Waals surface area (Å²) in [6, 6.07) is 12.1. The zero-order valence-corrected chi connectivity index (χ0v) is 30.0. The Morgan fingerprint density at radius 1 is 1.04 bits per heavy atom. The summed E-state index contributed by atoms with van der Waals surface area (Å²) in [6.45, 7) is 4.21. The summed E-state index contributed by atoms with van der Waals surface area (Å²) in [4.78, 5) is 42.2. The van der Waals surface area contributed by atoms with E-state index >= 15 is 0 Å². The van der Waals surface area contributed by atoms with Gasteiger partial charge in [0.2, 0.25) is 11.8 Å². The van der Waals surface area contributed by atoms with E-state index in [0.29, 0.717) is 36.8 Å². The largest absolute Gasteiger partial charge is 0.445 e. The first-order valence-corrected chi connectivity index (χ1v) is 19.1. The van der Waals surface area contributed by atoms with Crippen LogP contribution in [0, 0.1) is 5.92 Å². The molecule has 1 unspecified atom stereocenters. The molecule has 1 aliphatic heterocycles. The van der Waals surface area contributed by atoms with Gasteiger partial charge >= 0.3 is 13.7 Å². The predicted molar refractivity (Wildman–Crippen MR) is 186 cm³/mol. The molecule has 1 fully saturated rings. The standard InChI is InChI=1S/C35H49ClN3O9P/c1-3-47-49(44,48-4-2)34(42)29(17-18-32(40)39-19-20-45-24-27-14-8-9-16-31(27)39)37-33(41)30(22-25-11-6-5-7-12-25)38-35(43)46-23-26-13-10-15-28(36)21-26/h8-10,13-16,21,25,29-30,34,42H,3-7,11-12,17-20,22-24H2,1-2H3,(H,37,41)(H,38,43)/t29-,30-,34?/m0/s1. The van der Waals surface area contributed by atoms with Crippen LogP contribution in [0.5, 0.6) is 0 Å². The number of anilines is 1. The molecule has 14 heteroatoms. The van der Waals surface area contributed by atoms with E-state index in [0.717, 1.165) is 43.4 Å². The normalized spacial score (nSPS) is 17.3. The van der Waals surface area contributed by atoms with Crippen LogP contribution >= 0.6 is 19.2 Å². The number of hydrogen-bond acceptors (Lipinski definition) is 9. The summed E-state index contributed by atoms with van der Waals surface area (Å²) >= 11 is 6.06. The Kier molecular flexibility index (Phi) is 15.4. The van der Waals surface area contributed by atoms with E-state index in [2.05, 4.69) is 10.6 Å². The van der Waals surface area contributed by atoms with Gasteiger partial charge in [-0.25, -0.2) is 4.79 Å². The highest BCUT2D eigenvalue weighted by Gasteiger charge is 2.42. The van der Waals surface area contributed by atoms with E-state index in [-0.39, 0.29) is 44.5 Å². The molecule has 1 aliphatic carbocycles. The smallest absolute Gasteiger partial charge is 0.408 e. The highest BCUT2D eigenvalue weighted by Crippen LogP contribution is 2.53. The number of amides is 3. The van der Waals surface area contributed by atoms with Crippen LogP contribution in [0.2, 0.25) is 5.02 Å². The number of fused-ring (bicyclic) bond motifs is 1. The number of aliphatic hydroxyl groups excluding tert-OH is 1. The van der Waals surface area contributed by atoms with Crippen molar-refractivity contribution in [2.45, 2.75) is 96.4 Å². The summed E-state index contributed by atoms with van der Waals surface area (Å²) in [5.74, 6) is -2.46. The van der Waals surface area contributed by atoms with E-state index in [9.17, 15) is 24.1 Å². The van der Waals surface area contributed by atoms with Gasteiger partial charge in [0, 0.05) is 29.2 Å². The fourth-order valence-corrected chi connectivity index (χ4v) is 8.30. The van der Waals surface area contributed by atoms with Crippen molar-refractivity contribution in [2.75, 3.05) is 31.3 Å². The molecule has 4 rings (SSSR count). The second-order valence-electron chi connectivity index (χ2n) is 12.3. The molecule has 0 saturated heterocycles. The Bertz CT molecular complexity index is 1430. The fraction of sp³-hybridized carbons (Fsp3) is 0.571. The SMILES string of the molecule is CCOP(=O)(OCC)C(O)[C@H](CCC(=O)N1CCOCc2ccccc21)NC(=O)[C@H](CC1CCCCC1)NC(=O)OCc1cccc(Cl)c1. The maximum atomic E-state index is 14.0. The highest BCUT2D eigenvalue weighted by molar-refractivity contribution is 7.54. The summed E-state index contributed by atoms with van der Waals surface area (Å²) in [5, 5.41) is 17.5. The van der Waals surface area contributed by atoms with E-state index in [1.165, 1.54) is 0 Å². The topological polar surface area (TPSA) is 153 Å². The van der Waals surface area contributed by atoms with E-state index < -0.39 is 37.5 Å². The van der Waals surface area contributed by atoms with Gasteiger partial charge in [0.05, 0.1) is 32.5 Å². The quantitative estimate of drug-likeness (QED) is 0.169. The molecule has 49 heavy (non-hydrogen) atoms. The van der Waals surface area contributed by atoms with Gasteiger partial charge in [0.15, 0.2) is 5.85 Å². The maximum absolute atomic E-state index is 14.0. The fourth-order valence-electron chi connectivity index (χ4n) is 6.32. The number of rotatable bonds is 16. The van der Waals surface area contributed by atoms with Crippen molar-refractivity contribution < 1.29 is 42.6 Å². The number of carbonyl (C=O) groups excluding carboxylic acids is 3. The van der Waals surface area contributed by atoms with Crippen LogP contribution in [0.3, 0.4) is 0 Å². The Balaban J connectivity index is 1.53. The van der Waals surface area contributed by atoms with Crippen LogP contribution in [-0.2, 0) is 45.9 Å². The van der Waals surface area contributed by atoms with Crippen LogP contribution in [0.4, 0.5) is 10.5 Å². The molecule has 3 N–H and O–H groups in total. The van der Waals surface area contributed by atoms with E-state index in [4.69, 9.17) is 30.1 Å². The molecule has 1 heterocycles. The van der Waals surface area contributed by atoms with Crippen LogP contribution in [0.1, 0.15) is 76.3 Å². The van der Waals surface area contributed by atoms with Gasteiger partial charge in [-0.3, -0.25) is 14.2 Å². The van der Waals surface area contributed by atoms with Crippen LogP contribution in [0.15, 0.2) is 48.5 Å². The van der Waals surface area contributed by atoms with Crippen LogP contribution in [0.25, 0.3) is 0 Å². The molecule has 0 spiro atoms. The Morgan fingerprint density at radius 2 is 1.78 bits per heavy atom. The molecule has 0 radical (unpaired) electrons. The minimum atomic E-state index is -4.14. The summed E-state index contributed by atoms with van der Waals surface area (Å²) in [7, 11) is -4.14. The lowest BCUT2D eigenvalue weighted by molar-refractivity contribution is -0.125. The lowest BCUT2D eigenvalue weighted by atomic mass is 9.84. The third-order valence-corrected chi connectivity index (χ3v) is 11.2. The lowest BCUT2D eigenvalue weighted by Gasteiger charge is -2.32. The Hall–Kier alpha value is -2.99. The second kappa shape index (κ2) is 19.4. The summed E-state index contributed by atoms with van der Waals surface area (Å²) in [6.07, 6.45) is 4.36. The van der Waals surface area contributed by atoms with Gasteiger partial charge in [-0.1, -0.05) is 74.0 Å². The molecular formula is C35H49ClN3O9P. The van der Waals surface area contributed by atoms with E-state index in [1.807, 2.05) is 24.3 Å². The average Bonchev–Trinajstić information content (AvgIpc) is 3.32. The lowest BCUT2D eigenvalue weighted by Crippen LogP contribution is -2.53. The third-order valence-electron chi connectivity index (χ3n) is 8.76. The number of ether oxygens (including phenoxy) is 2. The van der Waals surface area contributed by atoms with Crippen molar-refractivity contribution in [3.63, 3.8) is 0 Å². The minimum absolute atomic E-state index is 0.0111. The van der Waals surface area contributed by atoms with Gasteiger partial charge in [0.1, 0.15) is 12.6 Å². The maximum Gasteiger partial charge on any atom is 0.408 e. The van der Waals surface area contributed by atoms with Crippen LogP contribution < -0.4 is 15.5 Å². The Morgan fingerprint density at radius 3 is 2.49 bits per heavy atom. The van der Waals surface area contributed by atoms with Gasteiger partial charge in [-0.2, -0.15) is 0 Å². The van der Waals surface area contributed by atoms with Crippen molar-refractivity contribution in [1.82, 2.24) is 10.6 Å². The number of benzene rings is 2. The molecule has 3 atom stereocenters. The van der Waals surface area contributed by atoms with Gasteiger partial charge in [-0.15, -0.1) is 0 Å². The second-order valence-corrected chi connectivity index (χ2v) is 14.9. The minimum Gasteiger partial charge on any atom is -0.445 e. The molecule has 1 saturated carbocycles. The highest BCUT2D eigenvalue weighted by atomic mass is 35.5. The average molecular weight is 722 g/mol. The predicted octanol–water partition coefficient (Wildman–Crippen LogP) is 6.32. The monoisotopic (exact) mass is 721 g/mol. The Labute approximate surface area is 293 Å². The van der Waals surface area contributed by atoms with Crippen LogP contribution in [-0.4, -0.2) is 67.3 Å². The summed E-state index contributed by atoms with van der Waals surface area (Å²) in [5.41, 5.74) is 2.28. The number of carbonyl (C=O) groups is 3. The third kappa shape index (κ3) is 11.5. The van der Waals surface area contributed by atoms with Crippen molar-refractivity contribution >= 4 is 42.8 Å². The first-order valence-electron chi connectivity index (χ1n) is 17.1. The van der Waals surface area contributed by atoms with Gasteiger partial charge in [-0.05, 0) is 56.4 Å². The van der Waals surface area contributed by atoms with Gasteiger partial charge in [0.25, 0.3) is 0 Å². The molecule has 270 valence electrons. The molecule has 0 aromatic heterocycles. The molecule has 12 nitrogen and oxygen atoms in total. The zero-order chi connectivity index (χ0) is 35.2. The van der Waals surface area contributed by atoms with Gasteiger partial charge < -0.3 is 39.2 Å². The molecule has 3 amide bonds. The number of hydrogen-bond donors (Lipinski definition) is 3. The number of aliphatic hydroxyl groups is 1. The number of para-hydroxylation sites is 1. The number of alkyl carbamates (subject to hydrolysis) is 1. The zero-order valence-electron chi connectivity index (χ0n) is 28.3. The van der Waals surface area contributed by atoms with Crippen molar-refractivity contribution in [1.29, 1.82) is 0 Å². The number of halogens is 1. The summed E-state index contributed by atoms with van der Waals surface area (Å²) < 4.78 is 35.7. The number of nitrogens with zero attached hydrogens (tertiary/aromatic N) is 1. The molecule has 0 bridgehead atoms. The first-order chi connectivity index (χ1) is 23.6. The molecule has 2 aromatic rings. The molecular weight excluding hydrogens is 673 g/mol. The van der Waals surface area contributed by atoms with E-state index in [1.54, 1.807) is 43.0 Å². The van der Waals surface area contributed by atoms with Crippen molar-refractivity contribution in [3.8, 4) is 0 Å². The first kappa shape index (κ1) is 38.8. The molecule has 2 aromatic carbocycles. The molecule has 2 aliphatic rings. The van der Waals surface area contributed by atoms with Crippen molar-refractivity contribution in [3.05, 3.63) is 64.7 Å².